The van der Waals surface area contributed by atoms with Crippen LogP contribution in [0.5, 0.6) is 5.75 Å². The maximum absolute atomic E-state index is 12.3. The number of allylic oxidation sites excluding steroid dienone is 1. The van der Waals surface area contributed by atoms with E-state index < -0.39 is 10.9 Å². The zero-order valence-corrected chi connectivity index (χ0v) is 17.0. The van der Waals surface area contributed by atoms with E-state index in [-0.39, 0.29) is 22.8 Å². The van der Waals surface area contributed by atoms with Crippen molar-refractivity contribution in [1.82, 2.24) is 0 Å². The van der Waals surface area contributed by atoms with Gasteiger partial charge in [0, 0.05) is 24.7 Å². The summed E-state index contributed by atoms with van der Waals surface area (Å²) in [7, 11) is 1.81. The number of nitro groups is 1. The van der Waals surface area contributed by atoms with Gasteiger partial charge in [0.05, 0.1) is 16.6 Å². The van der Waals surface area contributed by atoms with Crippen molar-refractivity contribution in [2.24, 2.45) is 5.41 Å². The molecule has 156 valence electrons. The number of benzene rings is 2. The summed E-state index contributed by atoms with van der Waals surface area (Å²) in [6, 6.07) is 13.0. The Balaban J connectivity index is 1.49. The molecule has 0 N–H and O–H groups in total. The predicted molar refractivity (Wildman–Crippen MR) is 113 cm³/mol. The van der Waals surface area contributed by atoms with Gasteiger partial charge < -0.3 is 9.47 Å². The second-order valence-corrected chi connectivity index (χ2v) is 8.00. The summed E-state index contributed by atoms with van der Waals surface area (Å²) in [5.41, 5.74) is 2.79. The van der Waals surface area contributed by atoms with Crippen molar-refractivity contribution in [3.8, 4) is 5.75 Å². The lowest BCUT2D eigenvalue weighted by Gasteiger charge is -2.43. The lowest BCUT2D eigenvalue weighted by molar-refractivity contribution is -0.384. The molecule has 0 aliphatic heterocycles. The third kappa shape index (κ3) is 3.75. The van der Waals surface area contributed by atoms with Crippen molar-refractivity contribution in [2.75, 3.05) is 7.11 Å². The van der Waals surface area contributed by atoms with Crippen molar-refractivity contribution in [3.63, 3.8) is 0 Å². The first-order valence-electron chi connectivity index (χ1n) is 10.3. The molecule has 2 aromatic rings. The van der Waals surface area contributed by atoms with Gasteiger partial charge in [-0.1, -0.05) is 31.1 Å². The second kappa shape index (κ2) is 8.40. The van der Waals surface area contributed by atoms with E-state index in [9.17, 15) is 14.9 Å². The number of esters is 1. The molecule has 2 aromatic carbocycles. The molecule has 2 aliphatic rings. The Morgan fingerprint density at radius 3 is 2.47 bits per heavy atom. The standard InChI is InChI=1S/C24H25NO5/c1-29-22-6-2-3-15-24(22)16-4-5-21(24)17-9-13-20(14-10-17)30-23(26)18-7-11-19(12-8-18)25(27)28/h5,7-14,22H,2-4,6,15-16H2,1H3/t22-,24-/m1/s1. The van der Waals surface area contributed by atoms with Gasteiger partial charge in [0.25, 0.3) is 5.69 Å². The molecule has 0 amide bonds. The number of nitrogens with zero attached hydrogens (tertiary/aromatic N) is 1. The lowest BCUT2D eigenvalue weighted by atomic mass is 9.66. The van der Waals surface area contributed by atoms with E-state index in [2.05, 4.69) is 6.08 Å². The molecule has 1 saturated carbocycles. The highest BCUT2D eigenvalue weighted by Gasteiger charge is 2.46. The molecule has 0 saturated heterocycles. The van der Waals surface area contributed by atoms with E-state index in [1.54, 1.807) is 12.1 Å². The molecule has 6 nitrogen and oxygen atoms in total. The average molecular weight is 407 g/mol. The number of non-ortho nitro benzene ring substituents is 1. The fraction of sp³-hybridized carbons (Fsp3) is 0.375. The lowest BCUT2D eigenvalue weighted by Crippen LogP contribution is -2.38. The molecule has 1 fully saturated rings. The number of carbonyl (C=O) groups excluding carboxylic acids is 1. The fourth-order valence-corrected chi connectivity index (χ4v) is 4.95. The van der Waals surface area contributed by atoms with Gasteiger partial charge in [-0.3, -0.25) is 10.1 Å². The number of carbonyl (C=O) groups is 1. The van der Waals surface area contributed by atoms with Crippen LogP contribution in [0.15, 0.2) is 54.6 Å². The summed E-state index contributed by atoms with van der Waals surface area (Å²) >= 11 is 0. The van der Waals surface area contributed by atoms with E-state index in [1.807, 2.05) is 19.2 Å². The Bertz CT molecular complexity index is 964. The average Bonchev–Trinajstić information content (AvgIpc) is 3.18. The Hall–Kier alpha value is -2.99. The highest BCUT2D eigenvalue weighted by Crippen LogP contribution is 2.54. The quantitative estimate of drug-likeness (QED) is 0.280. The van der Waals surface area contributed by atoms with Crippen LogP contribution in [0.2, 0.25) is 0 Å². The second-order valence-electron chi connectivity index (χ2n) is 8.00. The summed E-state index contributed by atoms with van der Waals surface area (Å²) in [4.78, 5) is 22.6. The van der Waals surface area contributed by atoms with Gasteiger partial charge in [-0.15, -0.1) is 0 Å². The van der Waals surface area contributed by atoms with Gasteiger partial charge >= 0.3 is 5.97 Å². The third-order valence-corrected chi connectivity index (χ3v) is 6.41. The topological polar surface area (TPSA) is 78.7 Å². The predicted octanol–water partition coefficient (Wildman–Crippen LogP) is 5.57. The normalized spacial score (nSPS) is 23.2. The van der Waals surface area contributed by atoms with Crippen LogP contribution in [0.4, 0.5) is 5.69 Å². The SMILES string of the molecule is CO[C@@H]1CCCC[C@]12CCC=C2c1ccc(OC(=O)c2ccc([N+](=O)[O-])cc2)cc1. The molecule has 0 radical (unpaired) electrons. The molecular formula is C24H25NO5. The Labute approximate surface area is 175 Å². The number of ether oxygens (including phenoxy) is 2. The molecule has 30 heavy (non-hydrogen) atoms. The van der Waals surface area contributed by atoms with Crippen LogP contribution in [0.1, 0.15) is 54.4 Å². The van der Waals surface area contributed by atoms with E-state index in [0.717, 1.165) is 31.2 Å². The van der Waals surface area contributed by atoms with Gasteiger partial charge in [-0.2, -0.15) is 0 Å². The molecule has 0 heterocycles. The Kier molecular flexibility index (Phi) is 5.68. The zero-order valence-electron chi connectivity index (χ0n) is 17.0. The number of hydrogen-bond acceptors (Lipinski definition) is 5. The van der Waals surface area contributed by atoms with Crippen LogP contribution in [0, 0.1) is 15.5 Å². The zero-order chi connectivity index (χ0) is 21.1. The first-order chi connectivity index (χ1) is 14.5. The van der Waals surface area contributed by atoms with E-state index in [4.69, 9.17) is 9.47 Å². The highest BCUT2D eigenvalue weighted by molar-refractivity contribution is 5.91. The molecular weight excluding hydrogens is 382 g/mol. The molecule has 0 aromatic heterocycles. The summed E-state index contributed by atoms with van der Waals surface area (Å²) in [5.74, 6) is -0.0948. The van der Waals surface area contributed by atoms with Crippen LogP contribution in [0.25, 0.3) is 5.57 Å². The molecule has 6 heteroatoms. The van der Waals surface area contributed by atoms with E-state index >= 15 is 0 Å². The van der Waals surface area contributed by atoms with Gasteiger partial charge in [-0.05, 0) is 61.1 Å². The number of hydrogen-bond donors (Lipinski definition) is 0. The van der Waals surface area contributed by atoms with Crippen molar-refractivity contribution in [2.45, 2.75) is 44.6 Å². The molecule has 2 aliphatic carbocycles. The first-order valence-corrected chi connectivity index (χ1v) is 10.3. The van der Waals surface area contributed by atoms with Gasteiger partial charge in [0.1, 0.15) is 5.75 Å². The summed E-state index contributed by atoms with van der Waals surface area (Å²) in [6.45, 7) is 0. The molecule has 2 atom stereocenters. The monoisotopic (exact) mass is 407 g/mol. The smallest absolute Gasteiger partial charge is 0.343 e. The van der Waals surface area contributed by atoms with E-state index in [0.29, 0.717) is 5.75 Å². The van der Waals surface area contributed by atoms with E-state index in [1.165, 1.54) is 42.7 Å². The summed E-state index contributed by atoms with van der Waals surface area (Å²) < 4.78 is 11.3. The minimum Gasteiger partial charge on any atom is -0.423 e. The van der Waals surface area contributed by atoms with Crippen molar-refractivity contribution in [1.29, 1.82) is 0 Å². The van der Waals surface area contributed by atoms with Crippen molar-refractivity contribution in [3.05, 3.63) is 75.8 Å². The molecule has 4 rings (SSSR count). The number of rotatable bonds is 5. The van der Waals surface area contributed by atoms with Gasteiger partial charge in [0.15, 0.2) is 0 Å². The van der Waals surface area contributed by atoms with Crippen molar-refractivity contribution < 1.29 is 19.2 Å². The van der Waals surface area contributed by atoms with Gasteiger partial charge in [0.2, 0.25) is 0 Å². The number of nitro benzene ring substituents is 1. The largest absolute Gasteiger partial charge is 0.423 e. The van der Waals surface area contributed by atoms with Gasteiger partial charge in [-0.25, -0.2) is 4.79 Å². The Morgan fingerprint density at radius 1 is 1.07 bits per heavy atom. The number of methoxy groups -OCH3 is 1. The first kappa shape index (κ1) is 20.3. The maximum Gasteiger partial charge on any atom is 0.343 e. The minimum atomic E-state index is -0.541. The third-order valence-electron chi connectivity index (χ3n) is 6.41. The minimum absolute atomic E-state index is 0.0632. The highest BCUT2D eigenvalue weighted by atomic mass is 16.6. The van der Waals surface area contributed by atoms with Crippen LogP contribution < -0.4 is 4.74 Å². The van der Waals surface area contributed by atoms with Crippen LogP contribution >= 0.6 is 0 Å². The van der Waals surface area contributed by atoms with Crippen LogP contribution in [0.3, 0.4) is 0 Å². The van der Waals surface area contributed by atoms with Crippen LogP contribution in [-0.4, -0.2) is 24.1 Å². The Morgan fingerprint density at radius 2 is 1.80 bits per heavy atom. The maximum atomic E-state index is 12.3. The molecule has 0 unspecified atom stereocenters. The summed E-state index contributed by atoms with van der Waals surface area (Å²) in [6.07, 6.45) is 9.44. The molecule has 0 bridgehead atoms. The van der Waals surface area contributed by atoms with Crippen LogP contribution in [-0.2, 0) is 4.74 Å². The summed E-state index contributed by atoms with van der Waals surface area (Å²) in [5, 5.41) is 10.7. The van der Waals surface area contributed by atoms with Crippen molar-refractivity contribution >= 4 is 17.2 Å². The fourth-order valence-electron chi connectivity index (χ4n) is 4.95. The molecule has 1 spiro atoms.